The number of amides is 2. The van der Waals surface area contributed by atoms with Crippen molar-refractivity contribution in [2.45, 2.75) is 56.4 Å². The molecule has 1 aliphatic carbocycles. The van der Waals surface area contributed by atoms with E-state index < -0.39 is 10.0 Å². The van der Waals surface area contributed by atoms with Gasteiger partial charge in [-0.15, -0.1) is 0 Å². The van der Waals surface area contributed by atoms with Gasteiger partial charge in [0.25, 0.3) is 0 Å². The van der Waals surface area contributed by atoms with Gasteiger partial charge >= 0.3 is 0 Å². The Morgan fingerprint density at radius 2 is 1.59 bits per heavy atom. The number of nitrogens with zero attached hydrogens (tertiary/aromatic N) is 2. The van der Waals surface area contributed by atoms with E-state index in [0.717, 1.165) is 44.9 Å². The average Bonchev–Trinajstić information content (AvgIpc) is 2.99. The van der Waals surface area contributed by atoms with Crippen LogP contribution in [0.5, 0.6) is 5.75 Å². The molecular weight excluding hydrogens is 392 g/mol. The van der Waals surface area contributed by atoms with Crippen LogP contribution in [0.25, 0.3) is 0 Å². The average molecular weight is 421 g/mol. The zero-order valence-electron chi connectivity index (χ0n) is 16.8. The number of rotatable bonds is 5. The van der Waals surface area contributed by atoms with E-state index >= 15 is 0 Å². The summed E-state index contributed by atoms with van der Waals surface area (Å²) < 4.78 is 33.2. The van der Waals surface area contributed by atoms with Gasteiger partial charge in [-0.3, -0.25) is 14.5 Å². The first-order chi connectivity index (χ1) is 13.9. The van der Waals surface area contributed by atoms with Crippen LogP contribution < -0.4 is 4.74 Å². The molecule has 4 rings (SSSR count). The Labute approximate surface area is 172 Å². The van der Waals surface area contributed by atoms with Crippen molar-refractivity contribution < 1.29 is 22.7 Å². The number of likely N-dealkylation sites (tertiary alicyclic amines) is 1. The molecule has 0 radical (unpaired) electrons. The Bertz CT molecular complexity index is 884. The Kier molecular flexibility index (Phi) is 5.66. The van der Waals surface area contributed by atoms with E-state index in [1.54, 1.807) is 18.2 Å². The molecule has 1 aromatic carbocycles. The molecule has 7 nitrogen and oxygen atoms in total. The van der Waals surface area contributed by atoms with Crippen molar-refractivity contribution in [3.63, 3.8) is 0 Å². The van der Waals surface area contributed by atoms with Crippen LogP contribution in [0.2, 0.25) is 0 Å². The van der Waals surface area contributed by atoms with E-state index in [4.69, 9.17) is 4.74 Å². The highest BCUT2D eigenvalue weighted by molar-refractivity contribution is 7.89. The minimum Gasteiger partial charge on any atom is -0.495 e. The lowest BCUT2D eigenvalue weighted by molar-refractivity contribution is -0.140. The van der Waals surface area contributed by atoms with E-state index in [9.17, 15) is 18.0 Å². The molecule has 0 spiro atoms. The lowest BCUT2D eigenvalue weighted by atomic mass is 9.81. The first-order valence-corrected chi connectivity index (χ1v) is 11.9. The maximum absolute atomic E-state index is 13.2. The fourth-order valence-corrected chi connectivity index (χ4v) is 6.56. The summed E-state index contributed by atoms with van der Waals surface area (Å²) in [6, 6.07) is 4.91. The van der Waals surface area contributed by atoms with Gasteiger partial charge in [0.2, 0.25) is 21.8 Å². The number of imide groups is 1. The molecule has 0 N–H and O–H groups in total. The van der Waals surface area contributed by atoms with E-state index in [1.807, 2.05) is 0 Å². The summed E-state index contributed by atoms with van der Waals surface area (Å²) in [4.78, 5) is 26.9. The van der Waals surface area contributed by atoms with E-state index in [-0.39, 0.29) is 40.8 Å². The predicted octanol–water partition coefficient (Wildman–Crippen LogP) is 2.55. The Morgan fingerprint density at radius 1 is 0.966 bits per heavy atom. The maximum atomic E-state index is 13.2. The third kappa shape index (κ3) is 3.68. The number of hydrogen-bond acceptors (Lipinski definition) is 5. The number of ether oxygens (including phenoxy) is 1. The molecule has 1 saturated carbocycles. The Balaban J connectivity index is 1.62. The molecule has 158 valence electrons. The van der Waals surface area contributed by atoms with Gasteiger partial charge in [0, 0.05) is 13.1 Å². The number of sulfonamides is 1. The number of carbonyl (C=O) groups is 2. The van der Waals surface area contributed by atoms with Gasteiger partial charge in [0.05, 0.1) is 25.5 Å². The van der Waals surface area contributed by atoms with Crippen LogP contribution in [0.15, 0.2) is 23.1 Å². The van der Waals surface area contributed by atoms with Crippen molar-refractivity contribution in [2.75, 3.05) is 20.2 Å². The van der Waals surface area contributed by atoms with Crippen molar-refractivity contribution in [3.05, 3.63) is 23.8 Å². The molecule has 2 amide bonds. The van der Waals surface area contributed by atoms with E-state index in [2.05, 4.69) is 0 Å². The van der Waals surface area contributed by atoms with Gasteiger partial charge in [0.15, 0.2) is 0 Å². The quantitative estimate of drug-likeness (QED) is 0.684. The molecule has 3 aliphatic rings. The summed E-state index contributed by atoms with van der Waals surface area (Å²) in [6.45, 7) is 1.11. The normalized spacial score (nSPS) is 25.9. The molecule has 2 saturated heterocycles. The molecule has 0 unspecified atom stereocenters. The molecule has 2 aliphatic heterocycles. The molecule has 3 fully saturated rings. The second-order valence-electron chi connectivity index (χ2n) is 8.21. The Hall–Kier alpha value is -1.93. The van der Waals surface area contributed by atoms with Crippen LogP contribution in [0.4, 0.5) is 0 Å². The van der Waals surface area contributed by atoms with Crippen LogP contribution in [0, 0.1) is 11.8 Å². The van der Waals surface area contributed by atoms with Crippen molar-refractivity contribution >= 4 is 21.8 Å². The number of hydrogen-bond donors (Lipinski definition) is 0. The first-order valence-electron chi connectivity index (χ1n) is 10.5. The molecule has 2 atom stereocenters. The smallest absolute Gasteiger partial charge is 0.246 e. The first kappa shape index (κ1) is 20.3. The summed E-state index contributed by atoms with van der Waals surface area (Å²) in [5.41, 5.74) is 0.627. The lowest BCUT2D eigenvalue weighted by Crippen LogP contribution is -2.36. The summed E-state index contributed by atoms with van der Waals surface area (Å²) in [6.07, 6.45) is 6.22. The van der Waals surface area contributed by atoms with Crippen molar-refractivity contribution in [2.24, 2.45) is 11.8 Å². The highest BCUT2D eigenvalue weighted by Gasteiger charge is 2.48. The van der Waals surface area contributed by atoms with Crippen LogP contribution in [-0.4, -0.2) is 49.6 Å². The monoisotopic (exact) mass is 420 g/mol. The number of fused-ring (bicyclic) bond motifs is 1. The van der Waals surface area contributed by atoms with Gasteiger partial charge in [-0.05, 0) is 43.4 Å². The predicted molar refractivity (Wildman–Crippen MR) is 107 cm³/mol. The Morgan fingerprint density at radius 3 is 2.17 bits per heavy atom. The van der Waals surface area contributed by atoms with Crippen LogP contribution in [0.3, 0.4) is 0 Å². The van der Waals surface area contributed by atoms with Crippen molar-refractivity contribution in [3.8, 4) is 5.75 Å². The summed E-state index contributed by atoms with van der Waals surface area (Å²) in [7, 11) is -2.24. The van der Waals surface area contributed by atoms with Gasteiger partial charge < -0.3 is 4.74 Å². The zero-order valence-corrected chi connectivity index (χ0v) is 17.6. The molecule has 1 aromatic rings. The molecule has 8 heteroatoms. The third-order valence-corrected chi connectivity index (χ3v) is 8.35. The van der Waals surface area contributed by atoms with E-state index in [0.29, 0.717) is 18.7 Å². The highest BCUT2D eigenvalue weighted by Crippen LogP contribution is 2.39. The zero-order chi connectivity index (χ0) is 20.6. The second kappa shape index (κ2) is 8.07. The minimum absolute atomic E-state index is 0.107. The fraction of sp³-hybridized carbons (Fsp3) is 0.619. The largest absolute Gasteiger partial charge is 0.495 e. The van der Waals surface area contributed by atoms with Crippen LogP contribution in [0.1, 0.15) is 50.5 Å². The van der Waals surface area contributed by atoms with Gasteiger partial charge in [-0.25, -0.2) is 8.42 Å². The fourth-order valence-electron chi connectivity index (χ4n) is 4.83. The van der Waals surface area contributed by atoms with Gasteiger partial charge in [-0.1, -0.05) is 25.3 Å². The number of piperidine rings is 1. The van der Waals surface area contributed by atoms with Gasteiger partial charge in [0.1, 0.15) is 10.6 Å². The number of benzene rings is 1. The SMILES string of the molecule is COc1ccc(CN2C(=O)[C@H]3CCCC[C@H]3C2=O)cc1S(=O)(=O)N1CCCCC1. The number of carbonyl (C=O) groups excluding carboxylic acids is 2. The summed E-state index contributed by atoms with van der Waals surface area (Å²) >= 11 is 0. The molecule has 0 aromatic heterocycles. The lowest BCUT2D eigenvalue weighted by Gasteiger charge is -2.27. The van der Waals surface area contributed by atoms with Crippen LogP contribution >= 0.6 is 0 Å². The molecule has 0 bridgehead atoms. The molecular formula is C21H28N2O5S. The maximum Gasteiger partial charge on any atom is 0.246 e. The summed E-state index contributed by atoms with van der Waals surface area (Å²) in [5.74, 6) is -0.351. The summed E-state index contributed by atoms with van der Waals surface area (Å²) in [5, 5.41) is 0. The minimum atomic E-state index is -3.69. The van der Waals surface area contributed by atoms with Crippen molar-refractivity contribution in [1.82, 2.24) is 9.21 Å². The molecule has 29 heavy (non-hydrogen) atoms. The van der Waals surface area contributed by atoms with Gasteiger partial charge in [-0.2, -0.15) is 4.31 Å². The van der Waals surface area contributed by atoms with Crippen LogP contribution in [-0.2, 0) is 26.2 Å². The third-order valence-electron chi connectivity index (χ3n) is 6.43. The standard InChI is InChI=1S/C21H28N2O5S/c1-28-18-10-9-15(13-19(18)29(26,27)22-11-5-2-6-12-22)14-23-20(24)16-7-3-4-8-17(16)21(23)25/h9-10,13,16-17H,2-8,11-12,14H2,1H3/t16-,17+. The highest BCUT2D eigenvalue weighted by atomic mass is 32.2. The second-order valence-corrected chi connectivity index (χ2v) is 10.1. The number of methoxy groups -OCH3 is 1. The van der Waals surface area contributed by atoms with E-state index in [1.165, 1.54) is 16.3 Å². The topological polar surface area (TPSA) is 84.0 Å². The molecule has 2 heterocycles. The van der Waals surface area contributed by atoms with Crippen molar-refractivity contribution in [1.29, 1.82) is 0 Å².